The number of thioether (sulfide) groups is 1. The summed E-state index contributed by atoms with van der Waals surface area (Å²) in [6.45, 7) is 5.21. The molecule has 0 spiro atoms. The van der Waals surface area contributed by atoms with Gasteiger partial charge in [0.05, 0.1) is 24.5 Å². The van der Waals surface area contributed by atoms with Crippen LogP contribution < -0.4 is 9.47 Å². The van der Waals surface area contributed by atoms with E-state index in [1.165, 1.54) is 12.1 Å². The lowest BCUT2D eigenvalue weighted by Gasteiger charge is -2.36. The number of alkyl halides is 3. The van der Waals surface area contributed by atoms with Crippen LogP contribution in [0.2, 0.25) is 0 Å². The first-order chi connectivity index (χ1) is 16.2. The molecule has 0 amide bonds. The smallest absolute Gasteiger partial charge is 0.416 e. The quantitative estimate of drug-likeness (QED) is 0.427. The molecule has 2 aromatic carbocycles. The summed E-state index contributed by atoms with van der Waals surface area (Å²) in [4.78, 5) is 1.00. The van der Waals surface area contributed by atoms with Crippen LogP contribution in [0.3, 0.4) is 0 Å². The van der Waals surface area contributed by atoms with Gasteiger partial charge in [-0.05, 0) is 68.3 Å². The average molecular weight is 501 g/mol. The first-order valence-electron chi connectivity index (χ1n) is 11.0. The number of benzene rings is 2. The van der Waals surface area contributed by atoms with Gasteiger partial charge in [-0.25, -0.2) is 0 Å². The fourth-order valence-electron chi connectivity index (χ4n) is 3.50. The lowest BCUT2D eigenvalue weighted by Crippen LogP contribution is -2.48. The van der Waals surface area contributed by atoms with E-state index in [1.807, 2.05) is 32.0 Å². The minimum atomic E-state index is -4.39. The van der Waals surface area contributed by atoms with E-state index in [1.54, 1.807) is 11.8 Å². The predicted molar refractivity (Wildman–Crippen MR) is 119 cm³/mol. The predicted octanol–water partition coefficient (Wildman–Crippen LogP) is 5.42. The third-order valence-electron chi connectivity index (χ3n) is 5.33. The minimum Gasteiger partial charge on any atom is -0.488 e. The standard InChI is InChI=1S/C24H27F3O6S/c1-16-12-20(8-9-21(16)28-13-22-32-17(2)33-22)34-15-23(30-10-3-11-31-23)14-29-19-6-4-18(5-7-19)24(25,26)27/h4-9,12,17,22H,3,10-11,13-15H2,1-2H3. The zero-order valence-electron chi connectivity index (χ0n) is 18.9. The van der Waals surface area contributed by atoms with E-state index in [9.17, 15) is 13.2 Å². The van der Waals surface area contributed by atoms with E-state index in [4.69, 9.17) is 28.4 Å². The van der Waals surface area contributed by atoms with Gasteiger partial charge in [-0.2, -0.15) is 13.2 Å². The molecule has 10 heteroatoms. The van der Waals surface area contributed by atoms with E-state index in [0.29, 0.717) is 31.3 Å². The number of hydrogen-bond donors (Lipinski definition) is 0. The van der Waals surface area contributed by atoms with E-state index < -0.39 is 17.5 Å². The van der Waals surface area contributed by atoms with Crippen LogP contribution in [0.25, 0.3) is 0 Å². The third kappa shape index (κ3) is 6.57. The zero-order chi connectivity index (χ0) is 24.2. The number of hydrogen-bond acceptors (Lipinski definition) is 7. The topological polar surface area (TPSA) is 55.4 Å². The summed E-state index contributed by atoms with van der Waals surface area (Å²) >= 11 is 1.55. The summed E-state index contributed by atoms with van der Waals surface area (Å²) in [5.74, 6) is 0.530. The molecule has 2 aromatic rings. The van der Waals surface area contributed by atoms with Gasteiger partial charge in [0.15, 0.2) is 12.6 Å². The Kier molecular flexibility index (Phi) is 7.94. The highest BCUT2D eigenvalue weighted by Gasteiger charge is 2.36. The van der Waals surface area contributed by atoms with Crippen LogP contribution in [-0.2, 0) is 25.1 Å². The van der Waals surface area contributed by atoms with Crippen LogP contribution in [0.4, 0.5) is 13.2 Å². The van der Waals surface area contributed by atoms with Gasteiger partial charge < -0.3 is 28.4 Å². The van der Waals surface area contributed by atoms with Gasteiger partial charge in [-0.15, -0.1) is 11.8 Å². The molecule has 2 aliphatic rings. The fourth-order valence-corrected chi connectivity index (χ4v) is 4.56. The van der Waals surface area contributed by atoms with Gasteiger partial charge >= 0.3 is 6.18 Å². The highest BCUT2D eigenvalue weighted by molar-refractivity contribution is 7.99. The Morgan fingerprint density at radius 2 is 1.74 bits per heavy atom. The lowest BCUT2D eigenvalue weighted by atomic mass is 10.2. The monoisotopic (exact) mass is 500 g/mol. The van der Waals surface area contributed by atoms with Crippen LogP contribution in [0.15, 0.2) is 47.4 Å². The molecule has 186 valence electrons. The van der Waals surface area contributed by atoms with Gasteiger partial charge in [0.2, 0.25) is 5.79 Å². The van der Waals surface area contributed by atoms with E-state index in [-0.39, 0.29) is 19.2 Å². The highest BCUT2D eigenvalue weighted by atomic mass is 32.2. The van der Waals surface area contributed by atoms with E-state index >= 15 is 0 Å². The molecule has 2 saturated heterocycles. The molecule has 4 rings (SSSR count). The molecular weight excluding hydrogens is 473 g/mol. The third-order valence-corrected chi connectivity index (χ3v) is 6.50. The summed E-state index contributed by atoms with van der Waals surface area (Å²) in [5, 5.41) is 0. The maximum Gasteiger partial charge on any atom is 0.416 e. The van der Waals surface area contributed by atoms with Crippen LogP contribution >= 0.6 is 11.8 Å². The molecule has 34 heavy (non-hydrogen) atoms. The van der Waals surface area contributed by atoms with Crippen molar-refractivity contribution in [1.82, 2.24) is 0 Å². The van der Waals surface area contributed by atoms with Crippen LogP contribution in [-0.4, -0.2) is 50.5 Å². The van der Waals surface area contributed by atoms with Crippen molar-refractivity contribution < 1.29 is 41.6 Å². The molecule has 0 radical (unpaired) electrons. The first kappa shape index (κ1) is 25.1. The second kappa shape index (κ2) is 10.7. The van der Waals surface area contributed by atoms with Crippen molar-refractivity contribution in [2.45, 2.75) is 49.7 Å². The second-order valence-corrected chi connectivity index (χ2v) is 9.12. The Labute approximate surface area is 200 Å². The lowest BCUT2D eigenvalue weighted by molar-refractivity contribution is -0.380. The van der Waals surface area contributed by atoms with Gasteiger partial charge in [0.25, 0.3) is 0 Å². The molecule has 0 saturated carbocycles. The van der Waals surface area contributed by atoms with Crippen molar-refractivity contribution in [2.24, 2.45) is 0 Å². The van der Waals surface area contributed by atoms with Crippen molar-refractivity contribution in [3.63, 3.8) is 0 Å². The van der Waals surface area contributed by atoms with Crippen molar-refractivity contribution >= 4 is 11.8 Å². The normalized spacial score (nSPS) is 22.1. The minimum absolute atomic E-state index is 0.0609. The molecule has 2 heterocycles. The molecule has 6 nitrogen and oxygen atoms in total. The van der Waals surface area contributed by atoms with Gasteiger partial charge in [-0.1, -0.05) is 0 Å². The van der Waals surface area contributed by atoms with Crippen molar-refractivity contribution in [3.8, 4) is 11.5 Å². The molecular formula is C24H27F3O6S. The van der Waals surface area contributed by atoms with Crippen molar-refractivity contribution in [2.75, 3.05) is 32.2 Å². The summed E-state index contributed by atoms with van der Waals surface area (Å²) in [6, 6.07) is 10.5. The summed E-state index contributed by atoms with van der Waals surface area (Å²) in [7, 11) is 0. The number of ether oxygens (including phenoxy) is 6. The van der Waals surface area contributed by atoms with Crippen LogP contribution in [0, 0.1) is 6.92 Å². The fraction of sp³-hybridized carbons (Fsp3) is 0.500. The molecule has 2 aliphatic heterocycles. The van der Waals surface area contributed by atoms with Gasteiger partial charge in [0.1, 0.15) is 24.7 Å². The summed E-state index contributed by atoms with van der Waals surface area (Å²) in [6.07, 6.45) is -4.14. The molecule has 0 aromatic heterocycles. The summed E-state index contributed by atoms with van der Waals surface area (Å²) < 4.78 is 72.5. The van der Waals surface area contributed by atoms with E-state index in [0.717, 1.165) is 34.8 Å². The first-order valence-corrected chi connectivity index (χ1v) is 12.0. The Morgan fingerprint density at radius 1 is 1.03 bits per heavy atom. The van der Waals surface area contributed by atoms with Crippen molar-refractivity contribution in [3.05, 3.63) is 53.6 Å². The van der Waals surface area contributed by atoms with Gasteiger partial charge in [0, 0.05) is 4.90 Å². The number of aryl methyl sites for hydroxylation is 1. The average Bonchev–Trinajstić information content (AvgIpc) is 2.80. The highest BCUT2D eigenvalue weighted by Crippen LogP contribution is 2.33. The number of halogens is 3. The maximum atomic E-state index is 12.8. The molecule has 0 unspecified atom stereocenters. The molecule has 0 N–H and O–H groups in total. The van der Waals surface area contributed by atoms with E-state index in [2.05, 4.69) is 0 Å². The second-order valence-electron chi connectivity index (χ2n) is 8.07. The molecule has 0 atom stereocenters. The van der Waals surface area contributed by atoms with Crippen LogP contribution in [0.1, 0.15) is 24.5 Å². The Bertz CT molecular complexity index is 941. The molecule has 2 fully saturated rings. The Morgan fingerprint density at radius 3 is 2.35 bits per heavy atom. The maximum absolute atomic E-state index is 12.8. The molecule has 0 bridgehead atoms. The number of rotatable bonds is 9. The Hall–Kier alpha value is -1.98. The SMILES string of the molecule is Cc1cc(SCC2(COc3ccc(C(F)(F)F)cc3)OCCCO2)ccc1OCC1OC(C)O1. The van der Waals surface area contributed by atoms with Crippen molar-refractivity contribution in [1.29, 1.82) is 0 Å². The molecule has 0 aliphatic carbocycles. The summed E-state index contributed by atoms with van der Waals surface area (Å²) in [5.41, 5.74) is 0.248. The Balaban J connectivity index is 1.33. The van der Waals surface area contributed by atoms with Crippen LogP contribution in [0.5, 0.6) is 11.5 Å². The largest absolute Gasteiger partial charge is 0.488 e. The van der Waals surface area contributed by atoms with Gasteiger partial charge in [-0.3, -0.25) is 0 Å². The zero-order valence-corrected chi connectivity index (χ0v) is 19.7.